The third-order valence-electron chi connectivity index (χ3n) is 21.7. The molecule has 0 bridgehead atoms. The van der Waals surface area contributed by atoms with Gasteiger partial charge in [0, 0.05) is 60.3 Å². The minimum Gasteiger partial charge on any atom is -0.455 e. The van der Waals surface area contributed by atoms with Crippen LogP contribution in [0, 0.1) is 0 Å². The van der Waals surface area contributed by atoms with Crippen molar-refractivity contribution in [2.75, 3.05) is 9.80 Å². The number of hydrogen-bond donors (Lipinski definition) is 0. The lowest BCUT2D eigenvalue weighted by Gasteiger charge is -2.35. The molecule has 0 atom stereocenters. The summed E-state index contributed by atoms with van der Waals surface area (Å²) in [5, 5.41) is 9.09. The molecule has 0 unspecified atom stereocenters. The number of anilines is 6. The Hall–Kier alpha value is -13.0. The van der Waals surface area contributed by atoms with E-state index in [1.165, 1.54) is 55.3 Å². The zero-order chi connectivity index (χ0) is 63.9. The molecule has 18 aromatic rings. The van der Waals surface area contributed by atoms with Crippen LogP contribution in [0.3, 0.4) is 0 Å². The molecule has 5 nitrogen and oxygen atoms in total. The number of rotatable bonds is 6. The molecule has 0 saturated heterocycles. The molecular weight excluding hydrogens is 1190 g/mol. The second-order valence-electron chi connectivity index (χ2n) is 26.5. The average Bonchev–Trinajstić information content (AvgIpc) is 1.08. The SMILES string of the molecule is c1ccc(-c2cc(-c3ccc4nc5c6c(cccc6c4c3)N(c3cccc4c3-c3ccccc3C43c4ccccc4-c4ccccc43)c3ccccc3-5)cc(-c3cccc4oc5c(-c6ccc(N7c8ccccc8-c8nc9ccccc9c9cccc7c89)cc6)cccc5c34)c2)cc1. The third-order valence-corrected chi connectivity index (χ3v) is 21.7. The molecule has 452 valence electrons. The van der Waals surface area contributed by atoms with Crippen molar-refractivity contribution < 1.29 is 4.42 Å². The standard InChI is InChI=1S/C93H54N4O/c1-2-21-55(22-3-1)58-51-59(53-60(52-58)62-29-19-44-85-86(62)72-33-16-30-63(92(72)98-85)56-45-48-61(49-46-56)96-80-39-14-8-27-70(80)90-88-67(31-17-41-83(88)96)66-25-7-13-38-78(66)94-90)57-47-50-79-73(54-57)68-32-18-42-84-89(68)91(95-79)71-28-9-15-40-81(71)97(84)82-43-20-37-77-87(82)69-26-6-12-36-76(69)93(77)74-34-10-4-23-64(74)65-24-5-11-35-75(65)93/h1-54H. The normalized spacial score (nSPS) is 13.3. The van der Waals surface area contributed by atoms with Gasteiger partial charge in [0.2, 0.25) is 0 Å². The number of nitrogens with zero attached hydrogens (tertiary/aromatic N) is 4. The van der Waals surface area contributed by atoms with Crippen LogP contribution in [0.15, 0.2) is 332 Å². The molecule has 5 heteroatoms. The minimum absolute atomic E-state index is 0.472. The molecular formula is C93H54N4O. The lowest BCUT2D eigenvalue weighted by molar-refractivity contribution is 0.670. The van der Waals surface area contributed by atoms with Crippen molar-refractivity contribution in [3.63, 3.8) is 0 Å². The number of benzene rings is 15. The summed E-state index contributed by atoms with van der Waals surface area (Å²) in [6, 6.07) is 121. The molecule has 2 aliphatic carbocycles. The summed E-state index contributed by atoms with van der Waals surface area (Å²) in [7, 11) is 0. The fraction of sp³-hybridized carbons (Fsp3) is 0.0108. The summed E-state index contributed by atoms with van der Waals surface area (Å²) in [5.41, 5.74) is 33.4. The molecule has 0 saturated carbocycles. The zero-order valence-corrected chi connectivity index (χ0v) is 52.9. The van der Waals surface area contributed by atoms with Crippen molar-refractivity contribution >= 4 is 99.4 Å². The predicted octanol–water partition coefficient (Wildman–Crippen LogP) is 24.9. The highest BCUT2D eigenvalue weighted by Crippen LogP contribution is 2.66. The first kappa shape index (κ1) is 53.4. The lowest BCUT2D eigenvalue weighted by Crippen LogP contribution is -2.26. The number of hydrogen-bond acceptors (Lipinski definition) is 5. The molecule has 15 aromatic carbocycles. The van der Waals surface area contributed by atoms with E-state index < -0.39 is 5.41 Å². The number of aromatic nitrogens is 2. The first-order valence-electron chi connectivity index (χ1n) is 33.8. The quantitative estimate of drug-likeness (QED) is 0.155. The summed E-state index contributed by atoms with van der Waals surface area (Å²) >= 11 is 0. The van der Waals surface area contributed by atoms with Crippen LogP contribution in [0.1, 0.15) is 22.3 Å². The van der Waals surface area contributed by atoms with Crippen molar-refractivity contribution in [2.24, 2.45) is 0 Å². The molecule has 3 aromatic heterocycles. The maximum absolute atomic E-state index is 7.07. The largest absolute Gasteiger partial charge is 0.455 e. The van der Waals surface area contributed by atoms with Gasteiger partial charge in [0.15, 0.2) is 0 Å². The Labute approximate surface area is 564 Å². The molecule has 0 amide bonds. The number of pyridine rings is 2. The monoisotopic (exact) mass is 1240 g/mol. The van der Waals surface area contributed by atoms with Gasteiger partial charge in [0.25, 0.3) is 0 Å². The van der Waals surface area contributed by atoms with E-state index in [1.54, 1.807) is 0 Å². The molecule has 2 aliphatic heterocycles. The Kier molecular flexibility index (Phi) is 10.9. The maximum Gasteiger partial charge on any atom is 0.143 e. The first-order chi connectivity index (χ1) is 48.6. The maximum atomic E-state index is 7.07. The van der Waals surface area contributed by atoms with Crippen LogP contribution < -0.4 is 9.80 Å². The van der Waals surface area contributed by atoms with Gasteiger partial charge in [-0.1, -0.05) is 243 Å². The Morgan fingerprint density at radius 3 is 1.47 bits per heavy atom. The lowest BCUT2D eigenvalue weighted by atomic mass is 9.70. The summed E-state index contributed by atoms with van der Waals surface area (Å²) in [6.45, 7) is 0. The number of para-hydroxylation sites is 4. The second kappa shape index (κ2) is 20.0. The second-order valence-corrected chi connectivity index (χ2v) is 26.5. The van der Waals surface area contributed by atoms with E-state index in [0.717, 1.165) is 156 Å². The van der Waals surface area contributed by atoms with Gasteiger partial charge in [-0.2, -0.15) is 0 Å². The summed E-state index contributed by atoms with van der Waals surface area (Å²) in [6.07, 6.45) is 0. The van der Waals surface area contributed by atoms with E-state index in [2.05, 4.69) is 337 Å². The van der Waals surface area contributed by atoms with Crippen LogP contribution in [0.25, 0.3) is 155 Å². The summed E-state index contributed by atoms with van der Waals surface area (Å²) < 4.78 is 7.07. The van der Waals surface area contributed by atoms with E-state index in [4.69, 9.17) is 14.4 Å². The van der Waals surface area contributed by atoms with E-state index in [9.17, 15) is 0 Å². The van der Waals surface area contributed by atoms with Crippen molar-refractivity contribution in [3.05, 3.63) is 350 Å². The van der Waals surface area contributed by atoms with Crippen molar-refractivity contribution in [1.29, 1.82) is 0 Å². The first-order valence-corrected chi connectivity index (χ1v) is 33.8. The molecule has 0 radical (unpaired) electrons. The molecule has 5 heterocycles. The Morgan fingerprint density at radius 2 is 0.735 bits per heavy atom. The third kappa shape index (κ3) is 7.23. The van der Waals surface area contributed by atoms with E-state index in [0.29, 0.717) is 0 Å². The van der Waals surface area contributed by atoms with Gasteiger partial charge < -0.3 is 14.2 Å². The molecule has 0 fully saturated rings. The van der Waals surface area contributed by atoms with Gasteiger partial charge in [-0.3, -0.25) is 0 Å². The minimum atomic E-state index is -0.472. The zero-order valence-electron chi connectivity index (χ0n) is 52.9. The van der Waals surface area contributed by atoms with Crippen molar-refractivity contribution in [3.8, 4) is 89.3 Å². The molecule has 1 spiro atoms. The van der Waals surface area contributed by atoms with E-state index in [-0.39, 0.29) is 0 Å². The topological polar surface area (TPSA) is 45.4 Å². The Balaban J connectivity index is 0.675. The number of fused-ring (bicyclic) bond motifs is 21. The van der Waals surface area contributed by atoms with Crippen LogP contribution in [-0.2, 0) is 5.41 Å². The summed E-state index contributed by atoms with van der Waals surface area (Å²) in [5.74, 6) is 0. The van der Waals surface area contributed by atoms with Crippen LogP contribution in [-0.4, -0.2) is 9.97 Å². The Morgan fingerprint density at radius 1 is 0.255 bits per heavy atom. The molecule has 22 rings (SSSR count). The smallest absolute Gasteiger partial charge is 0.143 e. The van der Waals surface area contributed by atoms with Crippen LogP contribution >= 0.6 is 0 Å². The van der Waals surface area contributed by atoms with Gasteiger partial charge in [0.1, 0.15) is 11.2 Å². The fourth-order valence-corrected chi connectivity index (χ4v) is 17.7. The average molecular weight is 1240 g/mol. The highest BCUT2D eigenvalue weighted by atomic mass is 16.3. The fourth-order valence-electron chi connectivity index (χ4n) is 17.7. The predicted molar refractivity (Wildman–Crippen MR) is 405 cm³/mol. The molecule has 98 heavy (non-hydrogen) atoms. The summed E-state index contributed by atoms with van der Waals surface area (Å²) in [4.78, 5) is 15.9. The molecule has 0 N–H and O–H groups in total. The van der Waals surface area contributed by atoms with Gasteiger partial charge in [0.05, 0.1) is 56.3 Å². The van der Waals surface area contributed by atoms with Crippen molar-refractivity contribution in [1.82, 2.24) is 9.97 Å². The van der Waals surface area contributed by atoms with Gasteiger partial charge in [-0.25, -0.2) is 9.97 Å². The van der Waals surface area contributed by atoms with Crippen LogP contribution in [0.2, 0.25) is 0 Å². The Bertz CT molecular complexity index is 6470. The number of furan rings is 1. The van der Waals surface area contributed by atoms with Gasteiger partial charge in [-0.15, -0.1) is 0 Å². The molecule has 4 aliphatic rings. The van der Waals surface area contributed by atoms with E-state index >= 15 is 0 Å². The van der Waals surface area contributed by atoms with Crippen LogP contribution in [0.4, 0.5) is 34.1 Å². The highest BCUT2D eigenvalue weighted by molar-refractivity contribution is 6.23. The van der Waals surface area contributed by atoms with Crippen molar-refractivity contribution in [2.45, 2.75) is 5.41 Å². The van der Waals surface area contributed by atoms with E-state index in [1.807, 2.05) is 0 Å². The highest BCUT2D eigenvalue weighted by Gasteiger charge is 2.52. The van der Waals surface area contributed by atoms with Gasteiger partial charge in [-0.05, 0) is 174 Å². The van der Waals surface area contributed by atoms with Crippen LogP contribution in [0.5, 0.6) is 0 Å². The van der Waals surface area contributed by atoms with Gasteiger partial charge >= 0.3 is 0 Å².